The first-order chi connectivity index (χ1) is 16.0. The van der Waals surface area contributed by atoms with Crippen molar-refractivity contribution in [2.24, 2.45) is 12.2 Å². The van der Waals surface area contributed by atoms with Crippen LogP contribution in [0, 0.1) is 0 Å². The number of benzene rings is 2. The molecule has 0 atom stereocenters. The second-order valence-corrected chi connectivity index (χ2v) is 8.39. The molecule has 1 heterocycles. The molecule has 7 nitrogen and oxygen atoms in total. The Kier molecular flexibility index (Phi) is 7.90. The van der Waals surface area contributed by atoms with E-state index < -0.39 is 29.4 Å². The Morgan fingerprint density at radius 3 is 2.47 bits per heavy atom. The predicted octanol–water partition coefficient (Wildman–Crippen LogP) is 5.87. The molecule has 0 spiro atoms. The zero-order valence-corrected chi connectivity index (χ0v) is 19.7. The molecule has 1 aromatic heterocycles. The van der Waals surface area contributed by atoms with Gasteiger partial charge in [-0.25, -0.2) is 9.59 Å². The van der Waals surface area contributed by atoms with E-state index in [4.69, 9.17) is 32.8 Å². The Balaban J connectivity index is 1.97. The van der Waals surface area contributed by atoms with Gasteiger partial charge in [-0.2, -0.15) is 18.3 Å². The lowest BCUT2D eigenvalue weighted by atomic mass is 10.2. The number of alkyl halides is 3. The van der Waals surface area contributed by atoms with E-state index in [1.165, 1.54) is 38.4 Å². The first kappa shape index (κ1) is 25.6. The van der Waals surface area contributed by atoms with Crippen LogP contribution in [0.25, 0.3) is 0 Å². The lowest BCUT2D eigenvalue weighted by Crippen LogP contribution is -2.09. The Morgan fingerprint density at radius 1 is 1.12 bits per heavy atom. The maximum Gasteiger partial charge on any atom is 0.435 e. The molecule has 2 aromatic carbocycles. The number of nitrogens with zero attached hydrogens (tertiary/aromatic N) is 3. The lowest BCUT2D eigenvalue weighted by molar-refractivity contribution is -0.141. The molecule has 0 bridgehead atoms. The van der Waals surface area contributed by atoms with Crippen molar-refractivity contribution in [2.45, 2.75) is 16.1 Å². The third-order valence-electron chi connectivity index (χ3n) is 4.27. The van der Waals surface area contributed by atoms with E-state index in [2.05, 4.69) is 10.3 Å². The summed E-state index contributed by atoms with van der Waals surface area (Å²) in [6, 6.07) is 10.2. The van der Waals surface area contributed by atoms with Crippen molar-refractivity contribution in [3.05, 3.63) is 74.9 Å². The molecular weight excluding hydrogens is 518 g/mol. The number of aromatic nitrogens is 2. The monoisotopic (exact) mass is 531 g/mol. The van der Waals surface area contributed by atoms with Crippen LogP contribution in [0.5, 0.6) is 0 Å². The fourth-order valence-corrected chi connectivity index (χ4v) is 4.28. The van der Waals surface area contributed by atoms with Gasteiger partial charge in [0.1, 0.15) is 5.03 Å². The first-order valence-corrected chi connectivity index (χ1v) is 10.8. The molecule has 0 radical (unpaired) electrons. The van der Waals surface area contributed by atoms with Gasteiger partial charge < -0.3 is 9.57 Å². The summed E-state index contributed by atoms with van der Waals surface area (Å²) in [5.74, 6) is -1.66. The van der Waals surface area contributed by atoms with Gasteiger partial charge in [-0.15, -0.1) is 0 Å². The van der Waals surface area contributed by atoms with Crippen LogP contribution in [0.1, 0.15) is 32.0 Å². The minimum atomic E-state index is -4.83. The number of hydrogen-bond donors (Lipinski definition) is 0. The summed E-state index contributed by atoms with van der Waals surface area (Å²) in [6.45, 7) is 0. The molecule has 3 rings (SSSR count). The smallest absolute Gasteiger partial charge is 0.435 e. The number of oxime groups is 1. The minimum absolute atomic E-state index is 0.00648. The number of halogens is 5. The Labute approximate surface area is 205 Å². The molecule has 0 fully saturated rings. The predicted molar refractivity (Wildman–Crippen MR) is 120 cm³/mol. The van der Waals surface area contributed by atoms with Crippen molar-refractivity contribution in [2.75, 3.05) is 7.11 Å². The average Bonchev–Trinajstić information content (AvgIpc) is 3.09. The Hall–Kier alpha value is -3.02. The summed E-state index contributed by atoms with van der Waals surface area (Å²) in [4.78, 5) is 29.3. The van der Waals surface area contributed by atoms with Crippen LogP contribution in [-0.4, -0.2) is 35.0 Å². The maximum atomic E-state index is 13.6. The zero-order chi connectivity index (χ0) is 25.0. The van der Waals surface area contributed by atoms with Gasteiger partial charge in [-0.1, -0.05) is 52.3 Å². The van der Waals surface area contributed by atoms with E-state index >= 15 is 0 Å². The second kappa shape index (κ2) is 10.5. The van der Waals surface area contributed by atoms with Crippen molar-refractivity contribution in [3.63, 3.8) is 0 Å². The topological polar surface area (TPSA) is 82.8 Å². The van der Waals surface area contributed by atoms with E-state index in [-0.39, 0.29) is 26.2 Å². The van der Waals surface area contributed by atoms with Gasteiger partial charge in [-0.3, -0.25) is 4.68 Å². The Morgan fingerprint density at radius 2 is 1.82 bits per heavy atom. The molecule has 0 amide bonds. The number of rotatable bonds is 6. The molecule has 0 N–H and O–H groups in total. The van der Waals surface area contributed by atoms with Crippen LogP contribution >= 0.6 is 35.0 Å². The SMILES string of the molecule is COC(=O)c1ccccc1Sc1c(C=NOC(=O)c2ccc(Cl)cc2Cl)c(C(F)(F)F)nn1C. The van der Waals surface area contributed by atoms with Gasteiger partial charge in [-0.05, 0) is 30.3 Å². The van der Waals surface area contributed by atoms with E-state index in [0.29, 0.717) is 4.90 Å². The highest BCUT2D eigenvalue weighted by Gasteiger charge is 2.39. The number of ether oxygens (including phenoxy) is 1. The lowest BCUT2D eigenvalue weighted by Gasteiger charge is -2.08. The maximum absolute atomic E-state index is 13.6. The zero-order valence-electron chi connectivity index (χ0n) is 17.4. The third kappa shape index (κ3) is 5.72. The van der Waals surface area contributed by atoms with Crippen LogP contribution in [-0.2, 0) is 22.8 Å². The highest BCUT2D eigenvalue weighted by molar-refractivity contribution is 7.99. The first-order valence-electron chi connectivity index (χ1n) is 9.22. The van der Waals surface area contributed by atoms with Gasteiger partial charge in [0.15, 0.2) is 5.69 Å². The van der Waals surface area contributed by atoms with Crippen LogP contribution in [0.2, 0.25) is 10.0 Å². The molecule has 0 unspecified atom stereocenters. The molecule has 13 heteroatoms. The van der Waals surface area contributed by atoms with Crippen LogP contribution in [0.15, 0.2) is 57.5 Å². The number of carbonyl (C=O) groups is 2. The van der Waals surface area contributed by atoms with Gasteiger partial charge in [0.25, 0.3) is 0 Å². The summed E-state index contributed by atoms with van der Waals surface area (Å²) >= 11 is 12.6. The number of aryl methyl sites for hydroxylation is 1. The average molecular weight is 532 g/mol. The summed E-state index contributed by atoms with van der Waals surface area (Å²) in [5.41, 5.74) is -1.64. The minimum Gasteiger partial charge on any atom is -0.465 e. The molecule has 0 saturated heterocycles. The highest BCUT2D eigenvalue weighted by atomic mass is 35.5. The quantitative estimate of drug-likeness (QED) is 0.171. The fourth-order valence-electron chi connectivity index (χ4n) is 2.74. The van der Waals surface area contributed by atoms with E-state index in [9.17, 15) is 22.8 Å². The highest BCUT2D eigenvalue weighted by Crippen LogP contribution is 2.38. The molecule has 34 heavy (non-hydrogen) atoms. The molecule has 0 aliphatic rings. The number of esters is 1. The van der Waals surface area contributed by atoms with Crippen LogP contribution in [0.4, 0.5) is 13.2 Å². The van der Waals surface area contributed by atoms with Gasteiger partial charge in [0.2, 0.25) is 0 Å². The molecular formula is C21H14Cl2F3N3O4S. The standard InChI is InChI=1S/C21H14Cl2F3N3O4S/c1-29-18(34-16-6-4-3-5-13(16)19(30)32-2)14(17(28-29)21(24,25)26)10-27-33-20(31)12-8-7-11(22)9-15(12)23/h3-10H,1-2H3. The number of carbonyl (C=O) groups excluding carboxylic acids is 2. The number of hydrogen-bond acceptors (Lipinski definition) is 7. The molecule has 0 saturated carbocycles. The molecule has 0 aliphatic heterocycles. The largest absolute Gasteiger partial charge is 0.465 e. The third-order valence-corrected chi connectivity index (χ3v) is 6.07. The fraction of sp³-hybridized carbons (Fsp3) is 0.143. The van der Waals surface area contributed by atoms with Crippen molar-refractivity contribution < 1.29 is 32.3 Å². The van der Waals surface area contributed by atoms with Crippen molar-refractivity contribution in [3.8, 4) is 0 Å². The van der Waals surface area contributed by atoms with Gasteiger partial charge in [0, 0.05) is 17.0 Å². The molecule has 3 aromatic rings. The van der Waals surface area contributed by atoms with E-state index in [1.807, 2.05) is 0 Å². The Bertz CT molecular complexity index is 1280. The van der Waals surface area contributed by atoms with E-state index in [0.717, 1.165) is 22.7 Å². The second-order valence-electron chi connectivity index (χ2n) is 6.52. The summed E-state index contributed by atoms with van der Waals surface area (Å²) in [6.07, 6.45) is -4.11. The summed E-state index contributed by atoms with van der Waals surface area (Å²) < 4.78 is 46.6. The van der Waals surface area contributed by atoms with Crippen LogP contribution < -0.4 is 0 Å². The van der Waals surface area contributed by atoms with Crippen LogP contribution in [0.3, 0.4) is 0 Å². The van der Waals surface area contributed by atoms with Crippen molar-refractivity contribution >= 4 is 53.1 Å². The summed E-state index contributed by atoms with van der Waals surface area (Å²) in [5, 5.41) is 7.22. The van der Waals surface area contributed by atoms with E-state index in [1.54, 1.807) is 18.2 Å². The molecule has 178 valence electrons. The van der Waals surface area contributed by atoms with Crippen molar-refractivity contribution in [1.29, 1.82) is 0 Å². The van der Waals surface area contributed by atoms with Crippen molar-refractivity contribution in [1.82, 2.24) is 9.78 Å². The molecule has 0 aliphatic carbocycles. The van der Waals surface area contributed by atoms with Gasteiger partial charge >= 0.3 is 18.1 Å². The normalized spacial score (nSPS) is 11.6. The number of methoxy groups -OCH3 is 1. The summed E-state index contributed by atoms with van der Waals surface area (Å²) in [7, 11) is 2.49. The van der Waals surface area contributed by atoms with Gasteiger partial charge in [0.05, 0.1) is 35.0 Å².